The van der Waals surface area contributed by atoms with E-state index in [0.717, 1.165) is 11.1 Å². The maximum Gasteiger partial charge on any atom is 0.226 e. The number of halogens is 2. The van der Waals surface area contributed by atoms with Crippen LogP contribution in [0.3, 0.4) is 0 Å². The topological polar surface area (TPSA) is 77.2 Å². The highest BCUT2D eigenvalue weighted by Gasteiger charge is 2.22. The Balaban J connectivity index is 1.72. The monoisotopic (exact) mass is 451 g/mol. The first-order valence-corrected chi connectivity index (χ1v) is 11.4. The fraction of sp³-hybridized carbons (Fsp3) is 0.238. The number of rotatable bonds is 7. The minimum Gasteiger partial charge on any atom is -0.441 e. The number of hydrogen-bond acceptors (Lipinski definition) is 5. The minimum atomic E-state index is -3.71. The van der Waals surface area contributed by atoms with Crippen LogP contribution in [0.5, 0.6) is 0 Å². The molecule has 5 nitrogen and oxygen atoms in total. The third-order valence-corrected chi connectivity index (χ3v) is 6.24. The third kappa shape index (κ3) is 5.69. The van der Waals surface area contributed by atoms with Crippen LogP contribution in [0.1, 0.15) is 22.6 Å². The van der Waals surface area contributed by atoms with Crippen molar-refractivity contribution in [3.05, 3.63) is 75.1 Å². The molecule has 0 N–H and O–H groups in total. The van der Waals surface area contributed by atoms with Crippen LogP contribution in [0.25, 0.3) is 11.5 Å². The first-order valence-electron chi connectivity index (χ1n) is 8.82. The summed E-state index contributed by atoms with van der Waals surface area (Å²) in [5.41, 5.74) is 2.65. The highest BCUT2D eigenvalue weighted by Crippen LogP contribution is 2.26. The number of sulfone groups is 1. The Labute approximate surface area is 179 Å². The largest absolute Gasteiger partial charge is 0.441 e. The quantitative estimate of drug-likeness (QED) is 0.505. The Bertz CT molecular complexity index is 1150. The molecule has 2 aromatic carbocycles. The summed E-state index contributed by atoms with van der Waals surface area (Å²) in [5.74, 6) is -0.616. The van der Waals surface area contributed by atoms with Crippen LogP contribution in [-0.4, -0.2) is 24.9 Å². The van der Waals surface area contributed by atoms with E-state index in [9.17, 15) is 13.2 Å². The lowest BCUT2D eigenvalue weighted by Gasteiger charge is -2.04. The lowest BCUT2D eigenvalue weighted by molar-refractivity contribution is -0.116. The normalized spacial score (nSPS) is 11.6. The van der Waals surface area contributed by atoms with Crippen LogP contribution in [0.2, 0.25) is 10.0 Å². The predicted molar refractivity (Wildman–Crippen MR) is 114 cm³/mol. The summed E-state index contributed by atoms with van der Waals surface area (Å²) in [7, 11) is -3.71. The first-order chi connectivity index (χ1) is 13.6. The van der Waals surface area contributed by atoms with Gasteiger partial charge in [0.05, 0.1) is 11.4 Å². The van der Waals surface area contributed by atoms with Gasteiger partial charge in [-0.1, -0.05) is 41.4 Å². The van der Waals surface area contributed by atoms with Gasteiger partial charge in [-0.25, -0.2) is 13.4 Å². The molecule has 1 aromatic heterocycles. The average Bonchev–Trinajstić information content (AvgIpc) is 2.93. The number of benzene rings is 2. The van der Waals surface area contributed by atoms with Crippen LogP contribution >= 0.6 is 23.2 Å². The van der Waals surface area contributed by atoms with Gasteiger partial charge in [-0.05, 0) is 49.2 Å². The number of hydrogen-bond donors (Lipinski definition) is 0. The number of aromatic nitrogens is 1. The molecule has 0 saturated carbocycles. The van der Waals surface area contributed by atoms with Gasteiger partial charge in [0.2, 0.25) is 5.89 Å². The van der Waals surface area contributed by atoms with Crippen molar-refractivity contribution in [2.24, 2.45) is 0 Å². The van der Waals surface area contributed by atoms with E-state index >= 15 is 0 Å². The lowest BCUT2D eigenvalue weighted by atomic mass is 10.1. The molecule has 1 heterocycles. The maximum absolute atomic E-state index is 12.5. The average molecular weight is 452 g/mol. The van der Waals surface area contributed by atoms with Crippen molar-refractivity contribution < 1.29 is 17.6 Å². The van der Waals surface area contributed by atoms with Crippen molar-refractivity contribution in [1.29, 1.82) is 0 Å². The van der Waals surface area contributed by atoms with Gasteiger partial charge in [-0.3, -0.25) is 4.79 Å². The molecule has 0 atom stereocenters. The maximum atomic E-state index is 12.5. The summed E-state index contributed by atoms with van der Waals surface area (Å²) in [4.78, 5) is 16.6. The molecule has 0 saturated heterocycles. The first kappa shape index (κ1) is 21.6. The standard InChI is InChI=1S/C21H19Cl2NO4S/c1-13-5-3-4-6-19(13)21-24-20(14(2)28-21)12-29(26,27)11-18(25)9-15-7-16(22)10-17(23)8-15/h3-8,10H,9,11-12H2,1-2H3. The Morgan fingerprint density at radius 3 is 2.38 bits per heavy atom. The number of carbonyl (C=O) groups is 1. The summed E-state index contributed by atoms with van der Waals surface area (Å²) in [5, 5.41) is 0.787. The van der Waals surface area contributed by atoms with E-state index in [4.69, 9.17) is 27.6 Å². The van der Waals surface area contributed by atoms with Gasteiger partial charge in [0, 0.05) is 22.0 Å². The van der Waals surface area contributed by atoms with Crippen molar-refractivity contribution in [3.8, 4) is 11.5 Å². The van der Waals surface area contributed by atoms with E-state index in [1.54, 1.807) is 25.1 Å². The van der Waals surface area contributed by atoms with Crippen molar-refractivity contribution in [2.75, 3.05) is 5.75 Å². The summed E-state index contributed by atoms with van der Waals surface area (Å²) in [6.07, 6.45) is -0.0637. The van der Waals surface area contributed by atoms with Gasteiger partial charge in [0.15, 0.2) is 15.6 Å². The zero-order valence-corrected chi connectivity index (χ0v) is 18.2. The number of oxazole rings is 1. The molecule has 0 unspecified atom stereocenters. The molecule has 0 aliphatic heterocycles. The molecule has 29 heavy (non-hydrogen) atoms. The summed E-state index contributed by atoms with van der Waals surface area (Å²) in [6, 6.07) is 12.3. The molecule has 0 aliphatic carbocycles. The van der Waals surface area contributed by atoms with E-state index in [0.29, 0.717) is 33.0 Å². The van der Waals surface area contributed by atoms with Gasteiger partial charge in [0.1, 0.15) is 11.5 Å². The van der Waals surface area contributed by atoms with Crippen molar-refractivity contribution in [2.45, 2.75) is 26.0 Å². The Morgan fingerprint density at radius 2 is 1.72 bits per heavy atom. The van der Waals surface area contributed by atoms with E-state index < -0.39 is 21.4 Å². The van der Waals surface area contributed by atoms with Gasteiger partial charge >= 0.3 is 0 Å². The number of carbonyl (C=O) groups excluding carboxylic acids is 1. The SMILES string of the molecule is Cc1ccccc1-c1nc(CS(=O)(=O)CC(=O)Cc2cc(Cl)cc(Cl)c2)c(C)o1. The summed E-state index contributed by atoms with van der Waals surface area (Å²) in [6.45, 7) is 3.58. The smallest absolute Gasteiger partial charge is 0.226 e. The Morgan fingerprint density at radius 1 is 1.07 bits per heavy atom. The molecule has 0 fully saturated rings. The summed E-state index contributed by atoms with van der Waals surface area (Å²) < 4.78 is 30.8. The fourth-order valence-corrected chi connectivity index (χ4v) is 4.94. The highest BCUT2D eigenvalue weighted by atomic mass is 35.5. The predicted octanol–water partition coefficient (Wildman–Crippen LogP) is 4.99. The highest BCUT2D eigenvalue weighted by molar-refractivity contribution is 7.91. The number of ketones is 1. The molecule has 3 aromatic rings. The van der Waals surface area contributed by atoms with E-state index in [-0.39, 0.29) is 12.2 Å². The van der Waals surface area contributed by atoms with E-state index in [1.807, 2.05) is 31.2 Å². The van der Waals surface area contributed by atoms with E-state index in [2.05, 4.69) is 4.98 Å². The van der Waals surface area contributed by atoms with Crippen molar-refractivity contribution >= 4 is 38.8 Å². The van der Waals surface area contributed by atoms with Crippen molar-refractivity contribution in [1.82, 2.24) is 4.98 Å². The van der Waals surface area contributed by atoms with Gasteiger partial charge in [-0.2, -0.15) is 0 Å². The number of aryl methyl sites for hydroxylation is 2. The van der Waals surface area contributed by atoms with Crippen LogP contribution in [0, 0.1) is 13.8 Å². The van der Waals surface area contributed by atoms with Gasteiger partial charge in [0.25, 0.3) is 0 Å². The molecule has 0 spiro atoms. The molecule has 3 rings (SSSR count). The minimum absolute atomic E-state index is 0.0637. The van der Waals surface area contributed by atoms with E-state index in [1.165, 1.54) is 0 Å². The molecule has 0 aliphatic rings. The van der Waals surface area contributed by atoms with Crippen LogP contribution in [0.4, 0.5) is 0 Å². The summed E-state index contributed by atoms with van der Waals surface area (Å²) >= 11 is 11.8. The lowest BCUT2D eigenvalue weighted by Crippen LogP contribution is -2.20. The van der Waals surface area contributed by atoms with Crippen molar-refractivity contribution in [3.63, 3.8) is 0 Å². The molecule has 0 amide bonds. The van der Waals surface area contributed by atoms with Gasteiger partial charge in [-0.15, -0.1) is 0 Å². The number of Topliss-reactive ketones (excluding diaryl/α,β-unsaturated/α-hetero) is 1. The molecule has 8 heteroatoms. The Hall–Kier alpha value is -2.15. The van der Waals surface area contributed by atoms with Gasteiger partial charge < -0.3 is 4.42 Å². The number of nitrogens with zero attached hydrogens (tertiary/aromatic N) is 1. The molecular weight excluding hydrogens is 433 g/mol. The second-order valence-corrected chi connectivity index (χ2v) is 9.80. The van der Waals surface area contributed by atoms with Crippen LogP contribution < -0.4 is 0 Å². The van der Waals surface area contributed by atoms with Crippen LogP contribution in [-0.2, 0) is 26.8 Å². The third-order valence-electron chi connectivity index (χ3n) is 4.33. The second kappa shape index (κ2) is 8.69. The molecular formula is C21H19Cl2NO4S. The Kier molecular flexibility index (Phi) is 6.46. The zero-order chi connectivity index (χ0) is 21.2. The molecule has 0 radical (unpaired) electrons. The molecule has 152 valence electrons. The fourth-order valence-electron chi connectivity index (χ4n) is 2.99. The second-order valence-electron chi connectivity index (χ2n) is 6.86. The van der Waals surface area contributed by atoms with Crippen LogP contribution in [0.15, 0.2) is 46.9 Å². The zero-order valence-electron chi connectivity index (χ0n) is 15.9. The molecule has 0 bridgehead atoms.